The van der Waals surface area contributed by atoms with E-state index in [0.717, 1.165) is 77.4 Å². The summed E-state index contributed by atoms with van der Waals surface area (Å²) in [6.45, 7) is 0. The normalized spacial score (nSPS) is 13.7. The summed E-state index contributed by atoms with van der Waals surface area (Å²) in [6.07, 6.45) is 0. The monoisotopic (exact) mass is 668 g/mol. The minimum Gasteiger partial charge on any atom is -0.456 e. The number of nitrogens with one attached hydrogen (secondary N) is 1. The highest BCUT2D eigenvalue weighted by molar-refractivity contribution is 6.15. The highest BCUT2D eigenvalue weighted by Gasteiger charge is 2.29. The molecule has 6 nitrogen and oxygen atoms in total. The van der Waals surface area contributed by atoms with Crippen LogP contribution in [-0.4, -0.2) is 15.0 Å². The standard InChI is InChI=1S/C46H28N4O2/c1-3-12-27(13-4-1)42-33-23-25-39-41(32-17-8-10-21-38(32)51-39)40(33)35-26-29(22-24-36(35)47-42)45-48-44(28-14-5-2-6-15-28)49-46(50-45)34-19-11-18-31-30-16-7-9-20-37(30)52-43(31)34/h1-26,42,47H. The van der Waals surface area contributed by atoms with Crippen LogP contribution in [0.2, 0.25) is 0 Å². The SMILES string of the molecule is c1ccc(-c2nc(-c3ccc4c(c3)-c3c(ccc5oc6ccccc6c35)C(c3ccccc3)N4)nc(-c3cccc4c3oc3ccccc34)n2)cc1. The Balaban J connectivity index is 1.15. The van der Waals surface area contributed by atoms with Crippen LogP contribution in [0.15, 0.2) is 167 Å². The maximum absolute atomic E-state index is 6.44. The first kappa shape index (κ1) is 28.8. The van der Waals surface area contributed by atoms with Crippen LogP contribution in [0.4, 0.5) is 5.69 Å². The molecule has 1 aliphatic heterocycles. The summed E-state index contributed by atoms with van der Waals surface area (Å²) >= 11 is 0. The van der Waals surface area contributed by atoms with Gasteiger partial charge in [0.15, 0.2) is 17.5 Å². The molecule has 10 aromatic rings. The molecule has 4 heterocycles. The molecule has 7 aromatic carbocycles. The van der Waals surface area contributed by atoms with Gasteiger partial charge in [0.2, 0.25) is 0 Å². The average molecular weight is 669 g/mol. The van der Waals surface area contributed by atoms with Gasteiger partial charge in [0, 0.05) is 49.5 Å². The predicted octanol–water partition coefficient (Wildman–Crippen LogP) is 11.9. The average Bonchev–Trinajstić information content (AvgIpc) is 3.79. The summed E-state index contributed by atoms with van der Waals surface area (Å²) in [4.78, 5) is 15.3. The van der Waals surface area contributed by atoms with Crippen molar-refractivity contribution in [3.63, 3.8) is 0 Å². The first-order valence-electron chi connectivity index (χ1n) is 17.4. The van der Waals surface area contributed by atoms with Crippen molar-refractivity contribution in [1.29, 1.82) is 0 Å². The third-order valence-electron chi connectivity index (χ3n) is 10.2. The van der Waals surface area contributed by atoms with E-state index in [2.05, 4.69) is 90.2 Å². The van der Waals surface area contributed by atoms with Gasteiger partial charge < -0.3 is 14.2 Å². The van der Waals surface area contributed by atoms with Gasteiger partial charge in [0.1, 0.15) is 22.3 Å². The number of furan rings is 2. The van der Waals surface area contributed by atoms with E-state index in [1.165, 1.54) is 11.1 Å². The number of hydrogen-bond donors (Lipinski definition) is 1. The van der Waals surface area contributed by atoms with Gasteiger partial charge >= 0.3 is 0 Å². The molecule has 0 aliphatic carbocycles. The van der Waals surface area contributed by atoms with Crippen LogP contribution in [0.5, 0.6) is 0 Å². The van der Waals surface area contributed by atoms with E-state index in [1.54, 1.807) is 0 Å². The smallest absolute Gasteiger partial charge is 0.167 e. The van der Waals surface area contributed by atoms with E-state index in [0.29, 0.717) is 17.5 Å². The number of aromatic nitrogens is 3. The van der Waals surface area contributed by atoms with Crippen molar-refractivity contribution in [3.05, 3.63) is 169 Å². The van der Waals surface area contributed by atoms with Crippen molar-refractivity contribution in [2.45, 2.75) is 6.04 Å². The lowest BCUT2D eigenvalue weighted by molar-refractivity contribution is 0.668. The maximum Gasteiger partial charge on any atom is 0.167 e. The van der Waals surface area contributed by atoms with Crippen molar-refractivity contribution < 1.29 is 8.83 Å². The minimum absolute atomic E-state index is 0.0367. The van der Waals surface area contributed by atoms with Crippen LogP contribution in [0.25, 0.3) is 89.2 Å². The molecule has 0 saturated heterocycles. The Labute approximate surface area is 298 Å². The fraction of sp³-hybridized carbons (Fsp3) is 0.0217. The van der Waals surface area contributed by atoms with Gasteiger partial charge in [0.25, 0.3) is 0 Å². The van der Waals surface area contributed by atoms with E-state index >= 15 is 0 Å². The minimum atomic E-state index is -0.0367. The molecule has 6 heteroatoms. The van der Waals surface area contributed by atoms with Crippen LogP contribution >= 0.6 is 0 Å². The number of benzene rings is 7. The van der Waals surface area contributed by atoms with Gasteiger partial charge in [-0.1, -0.05) is 115 Å². The van der Waals surface area contributed by atoms with E-state index in [-0.39, 0.29) is 6.04 Å². The van der Waals surface area contributed by atoms with E-state index in [1.807, 2.05) is 72.8 Å². The summed E-state index contributed by atoms with van der Waals surface area (Å²) in [5.74, 6) is 1.73. The molecule has 0 fully saturated rings. The second-order valence-electron chi connectivity index (χ2n) is 13.2. The number of hydrogen-bond acceptors (Lipinski definition) is 6. The summed E-state index contributed by atoms with van der Waals surface area (Å²) in [7, 11) is 0. The molecule has 1 aliphatic rings. The third kappa shape index (κ3) is 4.41. The van der Waals surface area contributed by atoms with Crippen molar-refractivity contribution in [2.75, 3.05) is 5.32 Å². The molecule has 3 aromatic heterocycles. The zero-order chi connectivity index (χ0) is 34.2. The number of para-hydroxylation sites is 3. The summed E-state index contributed by atoms with van der Waals surface area (Å²) < 4.78 is 12.9. The summed E-state index contributed by atoms with van der Waals surface area (Å²) in [5.41, 5.74) is 11.6. The molecule has 0 bridgehead atoms. The Morgan fingerprint density at radius 2 is 1.13 bits per heavy atom. The highest BCUT2D eigenvalue weighted by atomic mass is 16.3. The van der Waals surface area contributed by atoms with Gasteiger partial charge in [-0.05, 0) is 53.6 Å². The molecule has 0 radical (unpaired) electrons. The molecule has 1 atom stereocenters. The Hall–Kier alpha value is -7.05. The Kier molecular flexibility index (Phi) is 6.21. The first-order valence-corrected chi connectivity index (χ1v) is 17.4. The lowest BCUT2D eigenvalue weighted by atomic mass is 9.83. The molecule has 0 saturated carbocycles. The second kappa shape index (κ2) is 11.2. The summed E-state index contributed by atoms with van der Waals surface area (Å²) in [6, 6.07) is 53.9. The van der Waals surface area contributed by atoms with Gasteiger partial charge in [-0.2, -0.15) is 0 Å². The Morgan fingerprint density at radius 1 is 0.462 bits per heavy atom. The zero-order valence-electron chi connectivity index (χ0n) is 27.7. The van der Waals surface area contributed by atoms with Crippen LogP contribution in [0.1, 0.15) is 17.2 Å². The number of fused-ring (bicyclic) bond motifs is 10. The Morgan fingerprint density at radius 3 is 1.96 bits per heavy atom. The van der Waals surface area contributed by atoms with E-state index in [4.69, 9.17) is 23.8 Å². The fourth-order valence-corrected chi connectivity index (χ4v) is 7.79. The third-order valence-corrected chi connectivity index (χ3v) is 10.2. The number of rotatable bonds is 4. The quantitative estimate of drug-likeness (QED) is 0.201. The van der Waals surface area contributed by atoms with Crippen LogP contribution < -0.4 is 5.32 Å². The molecule has 244 valence electrons. The van der Waals surface area contributed by atoms with Crippen molar-refractivity contribution in [3.8, 4) is 45.3 Å². The molecule has 1 unspecified atom stereocenters. The van der Waals surface area contributed by atoms with Crippen LogP contribution in [0.3, 0.4) is 0 Å². The van der Waals surface area contributed by atoms with Gasteiger partial charge in [0.05, 0.1) is 11.6 Å². The zero-order valence-corrected chi connectivity index (χ0v) is 27.7. The lowest BCUT2D eigenvalue weighted by Crippen LogP contribution is -2.18. The van der Waals surface area contributed by atoms with Gasteiger partial charge in [-0.25, -0.2) is 15.0 Å². The Bertz CT molecular complexity index is 3000. The van der Waals surface area contributed by atoms with Gasteiger partial charge in [-0.3, -0.25) is 0 Å². The van der Waals surface area contributed by atoms with Crippen LogP contribution in [0, 0.1) is 0 Å². The molecular weight excluding hydrogens is 641 g/mol. The molecule has 0 spiro atoms. The van der Waals surface area contributed by atoms with E-state index in [9.17, 15) is 0 Å². The molecule has 11 rings (SSSR count). The second-order valence-corrected chi connectivity index (χ2v) is 13.2. The molecule has 1 N–H and O–H groups in total. The lowest BCUT2D eigenvalue weighted by Gasteiger charge is -2.31. The highest BCUT2D eigenvalue weighted by Crippen LogP contribution is 2.49. The van der Waals surface area contributed by atoms with Crippen molar-refractivity contribution in [1.82, 2.24) is 15.0 Å². The van der Waals surface area contributed by atoms with Gasteiger partial charge in [-0.15, -0.1) is 0 Å². The number of nitrogens with zero attached hydrogens (tertiary/aromatic N) is 3. The first-order chi connectivity index (χ1) is 25.8. The largest absolute Gasteiger partial charge is 0.456 e. The van der Waals surface area contributed by atoms with Crippen molar-refractivity contribution >= 4 is 49.6 Å². The summed E-state index contributed by atoms with van der Waals surface area (Å²) in [5, 5.41) is 8.14. The number of anilines is 1. The van der Waals surface area contributed by atoms with E-state index < -0.39 is 0 Å². The topological polar surface area (TPSA) is 77.0 Å². The molecule has 0 amide bonds. The van der Waals surface area contributed by atoms with Crippen LogP contribution in [-0.2, 0) is 0 Å². The predicted molar refractivity (Wildman–Crippen MR) is 208 cm³/mol. The molecular formula is C46H28N4O2. The maximum atomic E-state index is 6.44. The molecule has 52 heavy (non-hydrogen) atoms. The fourth-order valence-electron chi connectivity index (χ4n) is 7.79. The van der Waals surface area contributed by atoms with Crippen molar-refractivity contribution in [2.24, 2.45) is 0 Å².